The number of hydrogen-bond acceptors (Lipinski definition) is 5. The Balaban J connectivity index is 1.80. The number of aromatic amines is 1. The van der Waals surface area contributed by atoms with Crippen molar-refractivity contribution >= 4 is 32.5 Å². The van der Waals surface area contributed by atoms with Crippen LogP contribution < -0.4 is 5.32 Å². The molecule has 8 heteroatoms. The van der Waals surface area contributed by atoms with Crippen molar-refractivity contribution in [3.05, 3.63) is 72.6 Å². The Morgan fingerprint density at radius 2 is 1.86 bits per heavy atom. The molecule has 4 aromatic rings. The first-order chi connectivity index (χ1) is 13.4. The molecule has 2 N–H and O–H groups in total. The summed E-state index contributed by atoms with van der Waals surface area (Å²) in [6.07, 6.45) is 4.33. The predicted octanol–water partition coefficient (Wildman–Crippen LogP) is 3.28. The lowest BCUT2D eigenvalue weighted by Gasteiger charge is -2.05. The van der Waals surface area contributed by atoms with Crippen LogP contribution in [0.2, 0.25) is 0 Å². The van der Waals surface area contributed by atoms with Crippen LogP contribution >= 0.6 is 0 Å². The summed E-state index contributed by atoms with van der Waals surface area (Å²) in [5.74, 6) is 0.0608. The number of H-pyrrole nitrogens is 1. The van der Waals surface area contributed by atoms with Crippen molar-refractivity contribution in [3.63, 3.8) is 0 Å². The molecule has 0 unspecified atom stereocenters. The number of hydrogen-bond donors (Lipinski definition) is 2. The monoisotopic (exact) mass is 392 g/mol. The van der Waals surface area contributed by atoms with E-state index in [0.29, 0.717) is 33.7 Å². The SMILES string of the molecule is CS(=O)(=O)c1ccccc1-c1nc2c(C(=O)Nc3cccnc3)cccc2[nH]1. The number of nitrogens with one attached hydrogen (secondary N) is 2. The number of pyridine rings is 1. The fraction of sp³-hybridized carbons (Fsp3) is 0.0500. The molecule has 140 valence electrons. The average Bonchev–Trinajstić information content (AvgIpc) is 3.12. The second kappa shape index (κ2) is 6.90. The highest BCUT2D eigenvalue weighted by Gasteiger charge is 2.19. The number of carbonyl (C=O) groups is 1. The van der Waals surface area contributed by atoms with Gasteiger partial charge in [-0.15, -0.1) is 0 Å². The fourth-order valence-electron chi connectivity index (χ4n) is 2.96. The van der Waals surface area contributed by atoms with Gasteiger partial charge in [0.25, 0.3) is 5.91 Å². The molecule has 0 saturated carbocycles. The van der Waals surface area contributed by atoms with E-state index in [9.17, 15) is 13.2 Å². The average molecular weight is 392 g/mol. The van der Waals surface area contributed by atoms with E-state index in [2.05, 4.69) is 20.3 Å². The molecule has 0 bridgehead atoms. The van der Waals surface area contributed by atoms with Gasteiger partial charge in [0.2, 0.25) is 0 Å². The van der Waals surface area contributed by atoms with E-state index in [0.717, 1.165) is 6.26 Å². The molecule has 0 radical (unpaired) electrons. The van der Waals surface area contributed by atoms with Crippen LogP contribution in [-0.2, 0) is 9.84 Å². The lowest BCUT2D eigenvalue weighted by atomic mass is 10.1. The number of para-hydroxylation sites is 1. The number of benzene rings is 2. The summed E-state index contributed by atoms with van der Waals surface area (Å²) in [6, 6.07) is 15.3. The molecule has 0 spiro atoms. The van der Waals surface area contributed by atoms with Crippen LogP contribution in [0.1, 0.15) is 10.4 Å². The number of nitrogens with zero attached hydrogens (tertiary/aromatic N) is 2. The molecule has 0 atom stereocenters. The molecular formula is C20H16N4O3S. The van der Waals surface area contributed by atoms with Crippen molar-refractivity contribution in [3.8, 4) is 11.4 Å². The smallest absolute Gasteiger partial charge is 0.257 e. The first kappa shape index (κ1) is 17.9. The Labute approximate surface area is 161 Å². The minimum absolute atomic E-state index is 0.176. The standard InChI is InChI=1S/C20H16N4O3S/c1-28(26,27)17-10-3-2-7-14(17)19-23-16-9-4-8-15(18(16)24-19)20(25)22-13-6-5-11-21-12-13/h2-12H,1H3,(H,22,25)(H,23,24). The molecule has 4 rings (SSSR count). The van der Waals surface area contributed by atoms with Crippen LogP contribution in [0.25, 0.3) is 22.4 Å². The van der Waals surface area contributed by atoms with E-state index in [-0.39, 0.29) is 10.8 Å². The molecular weight excluding hydrogens is 376 g/mol. The quantitative estimate of drug-likeness (QED) is 0.554. The first-order valence-electron chi connectivity index (χ1n) is 8.43. The van der Waals surface area contributed by atoms with Crippen molar-refractivity contribution in [2.75, 3.05) is 11.6 Å². The zero-order valence-corrected chi connectivity index (χ0v) is 15.7. The molecule has 28 heavy (non-hydrogen) atoms. The third-order valence-electron chi connectivity index (χ3n) is 4.22. The van der Waals surface area contributed by atoms with Crippen molar-refractivity contribution in [1.29, 1.82) is 0 Å². The van der Waals surface area contributed by atoms with E-state index in [1.54, 1.807) is 60.9 Å². The highest BCUT2D eigenvalue weighted by atomic mass is 32.2. The molecule has 0 saturated heterocycles. The third kappa shape index (κ3) is 3.37. The Hall–Kier alpha value is -3.52. The summed E-state index contributed by atoms with van der Waals surface area (Å²) in [5, 5.41) is 2.78. The van der Waals surface area contributed by atoms with E-state index < -0.39 is 9.84 Å². The van der Waals surface area contributed by atoms with Gasteiger partial charge in [-0.2, -0.15) is 0 Å². The van der Waals surface area contributed by atoms with Gasteiger partial charge in [-0.25, -0.2) is 13.4 Å². The zero-order valence-electron chi connectivity index (χ0n) is 14.9. The Morgan fingerprint density at radius 1 is 1.04 bits per heavy atom. The van der Waals surface area contributed by atoms with Gasteiger partial charge in [0.15, 0.2) is 9.84 Å². The fourth-order valence-corrected chi connectivity index (χ4v) is 3.85. The summed E-state index contributed by atoms with van der Waals surface area (Å²) in [6.45, 7) is 0. The highest BCUT2D eigenvalue weighted by molar-refractivity contribution is 7.90. The van der Waals surface area contributed by atoms with E-state index in [4.69, 9.17) is 0 Å². The second-order valence-electron chi connectivity index (χ2n) is 6.25. The van der Waals surface area contributed by atoms with Crippen LogP contribution in [-0.4, -0.2) is 35.5 Å². The molecule has 0 aliphatic heterocycles. The van der Waals surface area contributed by atoms with Crippen molar-refractivity contribution in [2.45, 2.75) is 4.90 Å². The maximum Gasteiger partial charge on any atom is 0.257 e. The van der Waals surface area contributed by atoms with Crippen molar-refractivity contribution in [2.24, 2.45) is 0 Å². The summed E-state index contributed by atoms with van der Waals surface area (Å²) >= 11 is 0. The summed E-state index contributed by atoms with van der Waals surface area (Å²) in [7, 11) is -3.43. The van der Waals surface area contributed by atoms with Gasteiger partial charge in [-0.1, -0.05) is 18.2 Å². The van der Waals surface area contributed by atoms with Crippen molar-refractivity contribution in [1.82, 2.24) is 15.0 Å². The molecule has 2 aromatic carbocycles. The molecule has 7 nitrogen and oxygen atoms in total. The molecule has 2 aromatic heterocycles. The van der Waals surface area contributed by atoms with Crippen LogP contribution in [0.5, 0.6) is 0 Å². The Kier molecular flexibility index (Phi) is 4.40. The number of rotatable bonds is 4. The van der Waals surface area contributed by atoms with Gasteiger partial charge < -0.3 is 10.3 Å². The first-order valence-corrected chi connectivity index (χ1v) is 10.3. The largest absolute Gasteiger partial charge is 0.338 e. The maximum absolute atomic E-state index is 12.7. The number of aromatic nitrogens is 3. The molecule has 2 heterocycles. The minimum Gasteiger partial charge on any atom is -0.338 e. The maximum atomic E-state index is 12.7. The summed E-state index contributed by atoms with van der Waals surface area (Å²) in [4.78, 5) is 24.5. The van der Waals surface area contributed by atoms with Gasteiger partial charge in [-0.05, 0) is 36.4 Å². The topological polar surface area (TPSA) is 105 Å². The van der Waals surface area contributed by atoms with E-state index in [1.165, 1.54) is 6.07 Å². The third-order valence-corrected chi connectivity index (χ3v) is 5.37. The summed E-state index contributed by atoms with van der Waals surface area (Å²) in [5.41, 5.74) is 2.50. The predicted molar refractivity (Wildman–Crippen MR) is 107 cm³/mol. The number of amides is 1. The number of fused-ring (bicyclic) bond motifs is 1. The van der Waals surface area contributed by atoms with Crippen LogP contribution in [0.15, 0.2) is 71.9 Å². The van der Waals surface area contributed by atoms with Gasteiger partial charge >= 0.3 is 0 Å². The molecule has 1 amide bonds. The minimum atomic E-state index is -3.43. The second-order valence-corrected chi connectivity index (χ2v) is 8.24. The normalized spacial score (nSPS) is 11.5. The Morgan fingerprint density at radius 3 is 2.61 bits per heavy atom. The Bertz CT molecular complexity index is 1280. The van der Waals surface area contributed by atoms with Gasteiger partial charge in [0.05, 0.1) is 27.9 Å². The number of imidazole rings is 1. The van der Waals surface area contributed by atoms with Crippen LogP contribution in [0.3, 0.4) is 0 Å². The van der Waals surface area contributed by atoms with Gasteiger partial charge in [0.1, 0.15) is 11.3 Å². The number of carbonyl (C=O) groups excluding carboxylic acids is 1. The van der Waals surface area contributed by atoms with Crippen molar-refractivity contribution < 1.29 is 13.2 Å². The number of sulfone groups is 1. The molecule has 0 fully saturated rings. The summed E-state index contributed by atoms with van der Waals surface area (Å²) < 4.78 is 24.2. The van der Waals surface area contributed by atoms with Gasteiger partial charge in [-0.3, -0.25) is 9.78 Å². The lowest BCUT2D eigenvalue weighted by molar-refractivity contribution is 0.102. The highest BCUT2D eigenvalue weighted by Crippen LogP contribution is 2.28. The zero-order chi connectivity index (χ0) is 19.7. The number of anilines is 1. The lowest BCUT2D eigenvalue weighted by Crippen LogP contribution is -2.12. The van der Waals surface area contributed by atoms with Gasteiger partial charge in [0, 0.05) is 18.0 Å². The van der Waals surface area contributed by atoms with Crippen LogP contribution in [0, 0.1) is 0 Å². The van der Waals surface area contributed by atoms with Crippen LogP contribution in [0.4, 0.5) is 5.69 Å². The van der Waals surface area contributed by atoms with E-state index >= 15 is 0 Å². The van der Waals surface area contributed by atoms with E-state index in [1.807, 2.05) is 0 Å². The molecule has 0 aliphatic rings. The molecule has 0 aliphatic carbocycles.